The lowest BCUT2D eigenvalue weighted by molar-refractivity contribution is -0.122. The van der Waals surface area contributed by atoms with Crippen LogP contribution in [-0.4, -0.2) is 55.1 Å². The molecule has 0 aromatic heterocycles. The van der Waals surface area contributed by atoms with Gasteiger partial charge in [0.2, 0.25) is 0 Å². The van der Waals surface area contributed by atoms with Crippen LogP contribution in [0.15, 0.2) is 59.6 Å². The van der Waals surface area contributed by atoms with E-state index in [2.05, 4.69) is 50.1 Å². The number of carbonyl (C=O) groups is 1. The van der Waals surface area contributed by atoms with Gasteiger partial charge in [0.1, 0.15) is 0 Å². The summed E-state index contributed by atoms with van der Waals surface area (Å²) in [6.07, 6.45) is 11.3. The van der Waals surface area contributed by atoms with Crippen LogP contribution < -0.4 is 14.8 Å². The first kappa shape index (κ1) is 25.1. The van der Waals surface area contributed by atoms with Gasteiger partial charge in [-0.2, -0.15) is 0 Å². The van der Waals surface area contributed by atoms with E-state index in [1.165, 1.54) is 0 Å². The molecule has 0 spiro atoms. The van der Waals surface area contributed by atoms with Gasteiger partial charge in [0.05, 0.1) is 19.9 Å². The topological polar surface area (TPSA) is 54.0 Å². The Kier molecular flexibility index (Phi) is 7.70. The zero-order chi connectivity index (χ0) is 25.1. The van der Waals surface area contributed by atoms with Gasteiger partial charge in [0.25, 0.3) is 5.91 Å². The van der Waals surface area contributed by atoms with E-state index in [1.807, 2.05) is 29.3 Å². The van der Waals surface area contributed by atoms with Gasteiger partial charge in [0, 0.05) is 43.1 Å². The molecular formula is C29H39N3O3. The van der Waals surface area contributed by atoms with Gasteiger partial charge in [-0.25, -0.2) is 0 Å². The van der Waals surface area contributed by atoms with E-state index in [9.17, 15) is 4.79 Å². The number of nitrogens with zero attached hydrogens (tertiary/aromatic N) is 2. The Balaban J connectivity index is 1.60. The van der Waals surface area contributed by atoms with Gasteiger partial charge in [-0.15, -0.1) is 0 Å². The van der Waals surface area contributed by atoms with Crippen LogP contribution in [0.3, 0.4) is 0 Å². The molecule has 0 radical (unpaired) electrons. The van der Waals surface area contributed by atoms with Crippen molar-refractivity contribution < 1.29 is 14.3 Å². The normalized spacial score (nSPS) is 21.5. The highest BCUT2D eigenvalue weighted by Gasteiger charge is 2.28. The van der Waals surface area contributed by atoms with Gasteiger partial charge in [-0.05, 0) is 67.0 Å². The molecule has 1 aromatic rings. The molecule has 1 amide bonds. The van der Waals surface area contributed by atoms with Gasteiger partial charge in [-0.3, -0.25) is 9.69 Å². The van der Waals surface area contributed by atoms with Crippen molar-refractivity contribution in [2.45, 2.75) is 59.0 Å². The zero-order valence-electron chi connectivity index (χ0n) is 21.9. The summed E-state index contributed by atoms with van der Waals surface area (Å²) >= 11 is 0. The van der Waals surface area contributed by atoms with Crippen molar-refractivity contribution in [3.63, 3.8) is 0 Å². The number of hydrogen-bond donors (Lipinski definition) is 1. The Morgan fingerprint density at radius 3 is 2.43 bits per heavy atom. The van der Waals surface area contributed by atoms with Crippen molar-refractivity contribution in [2.24, 2.45) is 5.92 Å². The zero-order valence-corrected chi connectivity index (χ0v) is 21.9. The number of fused-ring (bicyclic) bond motifs is 1. The summed E-state index contributed by atoms with van der Waals surface area (Å²) in [7, 11) is 3.26. The van der Waals surface area contributed by atoms with Gasteiger partial charge >= 0.3 is 0 Å². The Hall–Kier alpha value is -2.99. The highest BCUT2D eigenvalue weighted by Crippen LogP contribution is 2.37. The molecule has 4 rings (SSSR count). The molecule has 1 aromatic carbocycles. The van der Waals surface area contributed by atoms with Crippen LogP contribution in [0.4, 0.5) is 0 Å². The molecule has 0 bridgehead atoms. The molecular weight excluding hydrogens is 438 g/mol. The van der Waals surface area contributed by atoms with Gasteiger partial charge in [0.15, 0.2) is 11.5 Å². The lowest BCUT2D eigenvalue weighted by Gasteiger charge is -2.38. The second kappa shape index (κ2) is 10.7. The second-order valence-electron chi connectivity index (χ2n) is 10.1. The third-order valence-corrected chi connectivity index (χ3v) is 7.15. The van der Waals surface area contributed by atoms with Crippen molar-refractivity contribution in [1.29, 1.82) is 0 Å². The molecule has 1 saturated heterocycles. The maximum absolute atomic E-state index is 13.6. The summed E-state index contributed by atoms with van der Waals surface area (Å²) < 4.78 is 10.9. The average molecular weight is 478 g/mol. The second-order valence-corrected chi connectivity index (χ2v) is 10.1. The van der Waals surface area contributed by atoms with Crippen LogP contribution in [0, 0.1) is 5.92 Å². The highest BCUT2D eigenvalue weighted by molar-refractivity contribution is 5.98. The predicted molar refractivity (Wildman–Crippen MR) is 141 cm³/mol. The van der Waals surface area contributed by atoms with E-state index < -0.39 is 0 Å². The largest absolute Gasteiger partial charge is 0.493 e. The van der Waals surface area contributed by atoms with E-state index in [1.54, 1.807) is 20.3 Å². The van der Waals surface area contributed by atoms with Crippen molar-refractivity contribution in [1.82, 2.24) is 15.1 Å². The first-order chi connectivity index (χ1) is 16.8. The predicted octanol–water partition coefficient (Wildman–Crippen LogP) is 5.10. The lowest BCUT2D eigenvalue weighted by Crippen LogP contribution is -2.44. The summed E-state index contributed by atoms with van der Waals surface area (Å²) in [6, 6.07) is 6.92. The summed E-state index contributed by atoms with van der Waals surface area (Å²) in [5.74, 6) is 1.52. The van der Waals surface area contributed by atoms with E-state index >= 15 is 0 Å². The van der Waals surface area contributed by atoms with E-state index in [4.69, 9.17) is 9.47 Å². The summed E-state index contributed by atoms with van der Waals surface area (Å²) in [6.45, 7) is 10.7. The van der Waals surface area contributed by atoms with Crippen LogP contribution >= 0.6 is 0 Å². The fourth-order valence-electron chi connectivity index (χ4n) is 5.26. The fraction of sp³-hybridized carbons (Fsp3) is 0.483. The first-order valence-electron chi connectivity index (χ1n) is 12.7. The van der Waals surface area contributed by atoms with E-state index in [0.29, 0.717) is 23.6 Å². The number of allylic oxidation sites excluding steroid dienone is 4. The first-order valence-corrected chi connectivity index (χ1v) is 12.7. The molecule has 35 heavy (non-hydrogen) atoms. The molecule has 1 atom stereocenters. The maximum Gasteiger partial charge on any atom is 0.255 e. The molecule has 6 nitrogen and oxygen atoms in total. The Bertz CT molecular complexity index is 1070. The van der Waals surface area contributed by atoms with Crippen LogP contribution in [0.5, 0.6) is 11.5 Å². The fourth-order valence-corrected chi connectivity index (χ4v) is 5.26. The Labute approximate surface area is 210 Å². The number of nitrogens with one attached hydrogen (secondary N) is 1. The molecule has 1 fully saturated rings. The summed E-state index contributed by atoms with van der Waals surface area (Å²) in [4.78, 5) is 17.8. The van der Waals surface area contributed by atoms with Crippen LogP contribution in [0.1, 0.15) is 52.5 Å². The third-order valence-electron chi connectivity index (χ3n) is 7.15. The van der Waals surface area contributed by atoms with E-state index in [-0.39, 0.29) is 11.8 Å². The monoisotopic (exact) mass is 477 g/mol. The van der Waals surface area contributed by atoms with Crippen molar-refractivity contribution in [2.75, 3.05) is 27.3 Å². The number of rotatable bonds is 6. The highest BCUT2D eigenvalue weighted by atomic mass is 16.5. The standard InChI is InChI=1S/C29H39N3O3/c1-19(2)30-23-11-13-31(14-12-23)24-15-21(4)26-9-7-20(3)25(17-29(33)32(26)18-24)22-8-10-27(34-5)28(16-22)35-6/h8-10,15-20,23,30H,7,11-14H2,1-6H3. The minimum Gasteiger partial charge on any atom is -0.493 e. The molecule has 0 aliphatic carbocycles. The molecule has 3 heterocycles. The lowest BCUT2D eigenvalue weighted by atomic mass is 9.88. The quantitative estimate of drug-likeness (QED) is 0.618. The number of likely N-dealkylation sites (tertiary alicyclic amines) is 1. The minimum atomic E-state index is -0.0195. The molecule has 0 saturated carbocycles. The smallest absolute Gasteiger partial charge is 0.255 e. The third kappa shape index (κ3) is 5.48. The molecule has 1 N–H and O–H groups in total. The minimum absolute atomic E-state index is 0.0195. The number of methoxy groups -OCH3 is 2. The number of carbonyl (C=O) groups excluding carboxylic acids is 1. The van der Waals surface area contributed by atoms with Gasteiger partial charge in [-0.1, -0.05) is 32.9 Å². The maximum atomic E-state index is 13.6. The van der Waals surface area contributed by atoms with Crippen molar-refractivity contribution in [3.8, 4) is 11.5 Å². The molecule has 1 unspecified atom stereocenters. The Morgan fingerprint density at radius 1 is 1.06 bits per heavy atom. The van der Waals surface area contributed by atoms with E-state index in [0.717, 1.165) is 60.5 Å². The SMILES string of the molecule is COc1ccc(C2=CC(=O)N3C=C(N4CCC(NC(C)C)CC4)C=C(C)C3=CCC2C)cc1OC. The van der Waals surface area contributed by atoms with Crippen LogP contribution in [0.25, 0.3) is 5.57 Å². The van der Waals surface area contributed by atoms with Crippen molar-refractivity contribution >= 4 is 11.5 Å². The van der Waals surface area contributed by atoms with Crippen LogP contribution in [-0.2, 0) is 4.79 Å². The number of ether oxygens (including phenoxy) is 2. The Morgan fingerprint density at radius 2 is 1.77 bits per heavy atom. The number of amides is 1. The molecule has 3 aliphatic rings. The summed E-state index contributed by atoms with van der Waals surface area (Å²) in [5.41, 5.74) is 5.23. The number of piperidine rings is 1. The summed E-state index contributed by atoms with van der Waals surface area (Å²) in [5, 5.41) is 3.66. The molecule has 3 aliphatic heterocycles. The van der Waals surface area contributed by atoms with Gasteiger partial charge < -0.3 is 19.7 Å². The van der Waals surface area contributed by atoms with Crippen LogP contribution in [0.2, 0.25) is 0 Å². The van der Waals surface area contributed by atoms with Crippen molar-refractivity contribution in [3.05, 3.63) is 65.2 Å². The number of hydrogen-bond acceptors (Lipinski definition) is 5. The molecule has 188 valence electrons. The number of benzene rings is 1. The average Bonchev–Trinajstić information content (AvgIpc) is 2.84. The molecule has 6 heteroatoms.